The molecule has 1 atom stereocenters. The molecular formula is C15H24N2. The highest BCUT2D eigenvalue weighted by Crippen LogP contribution is 2.26. The van der Waals surface area contributed by atoms with Gasteiger partial charge in [0.05, 0.1) is 0 Å². The van der Waals surface area contributed by atoms with Gasteiger partial charge in [-0.2, -0.15) is 0 Å². The van der Waals surface area contributed by atoms with Gasteiger partial charge in [0.1, 0.15) is 0 Å². The van der Waals surface area contributed by atoms with Crippen LogP contribution in [0, 0.1) is 5.92 Å². The maximum atomic E-state index is 4.16. The largest absolute Gasteiger partial charge is 0.310 e. The van der Waals surface area contributed by atoms with Gasteiger partial charge < -0.3 is 5.32 Å². The Labute approximate surface area is 105 Å². The predicted molar refractivity (Wildman–Crippen MR) is 71.8 cm³/mol. The Morgan fingerprint density at radius 3 is 2.88 bits per heavy atom. The Bertz CT molecular complexity index is 304. The van der Waals surface area contributed by atoms with E-state index in [0.717, 1.165) is 12.5 Å². The monoisotopic (exact) mass is 232 g/mol. The fourth-order valence-electron chi connectivity index (χ4n) is 2.73. The van der Waals surface area contributed by atoms with Gasteiger partial charge in [0, 0.05) is 18.4 Å². The van der Waals surface area contributed by atoms with Crippen molar-refractivity contribution in [1.82, 2.24) is 10.3 Å². The van der Waals surface area contributed by atoms with Gasteiger partial charge in [-0.25, -0.2) is 0 Å². The molecule has 1 aromatic heterocycles. The lowest BCUT2D eigenvalue weighted by molar-refractivity contribution is 0.329. The number of pyridine rings is 1. The van der Waals surface area contributed by atoms with Crippen LogP contribution in [0.25, 0.3) is 0 Å². The molecule has 1 saturated carbocycles. The molecule has 17 heavy (non-hydrogen) atoms. The van der Waals surface area contributed by atoms with Gasteiger partial charge in [-0.1, -0.05) is 38.2 Å². The van der Waals surface area contributed by atoms with E-state index in [0.29, 0.717) is 6.04 Å². The Morgan fingerprint density at radius 1 is 1.35 bits per heavy atom. The van der Waals surface area contributed by atoms with Gasteiger partial charge in [0.15, 0.2) is 0 Å². The molecule has 94 valence electrons. The third kappa shape index (κ3) is 4.12. The molecule has 1 aliphatic carbocycles. The molecule has 1 heterocycles. The number of hydrogen-bond acceptors (Lipinski definition) is 2. The molecule has 0 amide bonds. The molecule has 1 unspecified atom stereocenters. The molecule has 0 radical (unpaired) electrons. The Kier molecular flexibility index (Phi) is 4.99. The molecule has 2 heteroatoms. The average molecular weight is 232 g/mol. The topological polar surface area (TPSA) is 24.9 Å². The predicted octanol–water partition coefficient (Wildman–Crippen LogP) is 3.70. The zero-order valence-corrected chi connectivity index (χ0v) is 10.9. The van der Waals surface area contributed by atoms with Gasteiger partial charge in [0.2, 0.25) is 0 Å². The molecule has 1 aliphatic rings. The minimum atomic E-state index is 0.423. The number of rotatable bonds is 5. The van der Waals surface area contributed by atoms with Crippen LogP contribution in [0.4, 0.5) is 0 Å². The highest BCUT2D eigenvalue weighted by Gasteiger charge is 2.13. The lowest BCUT2D eigenvalue weighted by Gasteiger charge is -2.22. The van der Waals surface area contributed by atoms with Crippen LogP contribution >= 0.6 is 0 Å². The fourth-order valence-corrected chi connectivity index (χ4v) is 2.73. The summed E-state index contributed by atoms with van der Waals surface area (Å²) in [6.07, 6.45) is 12.4. The molecule has 1 N–H and O–H groups in total. The van der Waals surface area contributed by atoms with E-state index in [2.05, 4.69) is 23.3 Å². The molecule has 0 saturated heterocycles. The summed E-state index contributed by atoms with van der Waals surface area (Å²) in [7, 11) is 0. The lowest BCUT2D eigenvalue weighted by Crippen LogP contribution is -2.22. The van der Waals surface area contributed by atoms with E-state index in [4.69, 9.17) is 0 Å². The Morgan fingerprint density at radius 2 is 2.18 bits per heavy atom. The van der Waals surface area contributed by atoms with Crippen molar-refractivity contribution in [3.63, 3.8) is 0 Å². The third-order valence-corrected chi connectivity index (χ3v) is 3.91. The van der Waals surface area contributed by atoms with Gasteiger partial charge >= 0.3 is 0 Å². The number of hydrogen-bond donors (Lipinski definition) is 1. The summed E-state index contributed by atoms with van der Waals surface area (Å²) in [5.41, 5.74) is 1.29. The Hall–Kier alpha value is -0.890. The first-order valence-corrected chi connectivity index (χ1v) is 6.99. The van der Waals surface area contributed by atoms with Crippen LogP contribution < -0.4 is 5.32 Å². The average Bonchev–Trinajstić information content (AvgIpc) is 2.41. The second-order valence-corrected chi connectivity index (χ2v) is 5.25. The Balaban J connectivity index is 1.67. The van der Waals surface area contributed by atoms with E-state index in [9.17, 15) is 0 Å². The van der Waals surface area contributed by atoms with Gasteiger partial charge in [-0.05, 0) is 37.4 Å². The molecule has 2 rings (SSSR count). The molecule has 0 bridgehead atoms. The molecule has 0 aliphatic heterocycles. The SMILES string of the molecule is CC(NCCC1CCCCC1)c1cccnc1. The highest BCUT2D eigenvalue weighted by atomic mass is 14.9. The van der Waals surface area contributed by atoms with Crippen molar-refractivity contribution in [2.24, 2.45) is 5.92 Å². The summed E-state index contributed by atoms with van der Waals surface area (Å²) in [6, 6.07) is 4.58. The van der Waals surface area contributed by atoms with Crippen LogP contribution in [0.15, 0.2) is 24.5 Å². The summed E-state index contributed by atoms with van der Waals surface area (Å²) in [5, 5.41) is 3.61. The molecule has 2 nitrogen and oxygen atoms in total. The van der Waals surface area contributed by atoms with E-state index in [1.165, 1.54) is 44.1 Å². The van der Waals surface area contributed by atoms with Crippen LogP contribution in [0.3, 0.4) is 0 Å². The second-order valence-electron chi connectivity index (χ2n) is 5.25. The van der Waals surface area contributed by atoms with Crippen molar-refractivity contribution >= 4 is 0 Å². The summed E-state index contributed by atoms with van der Waals surface area (Å²) in [6.45, 7) is 3.36. The summed E-state index contributed by atoms with van der Waals surface area (Å²) in [5.74, 6) is 0.970. The van der Waals surface area contributed by atoms with Crippen LogP contribution in [0.5, 0.6) is 0 Å². The zero-order valence-electron chi connectivity index (χ0n) is 10.9. The minimum Gasteiger partial charge on any atom is -0.310 e. The maximum Gasteiger partial charge on any atom is 0.0315 e. The lowest BCUT2D eigenvalue weighted by atomic mass is 9.87. The first-order valence-electron chi connectivity index (χ1n) is 6.99. The van der Waals surface area contributed by atoms with Crippen molar-refractivity contribution in [3.05, 3.63) is 30.1 Å². The van der Waals surface area contributed by atoms with E-state index in [1.54, 1.807) is 0 Å². The van der Waals surface area contributed by atoms with Crippen LogP contribution in [0.1, 0.15) is 57.1 Å². The molecule has 0 aromatic carbocycles. The molecule has 1 fully saturated rings. The van der Waals surface area contributed by atoms with Gasteiger partial charge in [0.25, 0.3) is 0 Å². The van der Waals surface area contributed by atoms with E-state index < -0.39 is 0 Å². The molecule has 1 aromatic rings. The quantitative estimate of drug-likeness (QED) is 0.837. The summed E-state index contributed by atoms with van der Waals surface area (Å²) >= 11 is 0. The maximum absolute atomic E-state index is 4.16. The summed E-state index contributed by atoms with van der Waals surface area (Å²) < 4.78 is 0. The first kappa shape index (κ1) is 12.6. The number of nitrogens with zero attached hydrogens (tertiary/aromatic N) is 1. The van der Waals surface area contributed by atoms with Crippen molar-refractivity contribution in [3.8, 4) is 0 Å². The van der Waals surface area contributed by atoms with Gasteiger partial charge in [-0.15, -0.1) is 0 Å². The second kappa shape index (κ2) is 6.75. The number of aromatic nitrogens is 1. The minimum absolute atomic E-state index is 0.423. The zero-order chi connectivity index (χ0) is 11.9. The van der Waals surface area contributed by atoms with Crippen molar-refractivity contribution in [1.29, 1.82) is 0 Å². The standard InChI is InChI=1S/C15H24N2/c1-13(15-8-5-10-16-12-15)17-11-9-14-6-3-2-4-7-14/h5,8,10,12-14,17H,2-4,6-7,9,11H2,1H3. The van der Waals surface area contributed by atoms with E-state index >= 15 is 0 Å². The normalized spacial score (nSPS) is 19.1. The van der Waals surface area contributed by atoms with Crippen LogP contribution in [0.2, 0.25) is 0 Å². The fraction of sp³-hybridized carbons (Fsp3) is 0.667. The molecule has 0 spiro atoms. The third-order valence-electron chi connectivity index (χ3n) is 3.91. The number of nitrogens with one attached hydrogen (secondary N) is 1. The first-order chi connectivity index (χ1) is 8.36. The summed E-state index contributed by atoms with van der Waals surface area (Å²) in [4.78, 5) is 4.16. The highest BCUT2D eigenvalue weighted by molar-refractivity contribution is 5.12. The van der Waals surface area contributed by atoms with E-state index in [1.807, 2.05) is 18.5 Å². The van der Waals surface area contributed by atoms with Crippen molar-refractivity contribution in [2.75, 3.05) is 6.54 Å². The van der Waals surface area contributed by atoms with Crippen LogP contribution in [-0.2, 0) is 0 Å². The molecular weight excluding hydrogens is 208 g/mol. The van der Waals surface area contributed by atoms with Gasteiger partial charge in [-0.3, -0.25) is 4.98 Å². The van der Waals surface area contributed by atoms with Crippen molar-refractivity contribution < 1.29 is 0 Å². The van der Waals surface area contributed by atoms with Crippen molar-refractivity contribution in [2.45, 2.75) is 51.5 Å². The smallest absolute Gasteiger partial charge is 0.0315 e. The van der Waals surface area contributed by atoms with Crippen LogP contribution in [-0.4, -0.2) is 11.5 Å². The van der Waals surface area contributed by atoms with E-state index in [-0.39, 0.29) is 0 Å².